The molecule has 0 aliphatic carbocycles. The van der Waals surface area contributed by atoms with Crippen LogP contribution in [-0.2, 0) is 13.6 Å². The van der Waals surface area contributed by atoms with Crippen LogP contribution in [0.25, 0.3) is 0 Å². The maximum atomic E-state index is 11.3. The third-order valence-electron chi connectivity index (χ3n) is 1.66. The molecule has 0 radical (unpaired) electrons. The van der Waals surface area contributed by atoms with Crippen LogP contribution < -0.4 is 0 Å². The topological polar surface area (TPSA) is 35.5 Å². The molecule has 3 nitrogen and oxygen atoms in total. The van der Waals surface area contributed by atoms with Crippen LogP contribution in [0.1, 0.15) is 13.3 Å². The van der Waals surface area contributed by atoms with Crippen molar-refractivity contribution in [2.75, 3.05) is 6.61 Å². The van der Waals surface area contributed by atoms with E-state index in [2.05, 4.69) is 26.2 Å². The predicted octanol–water partition coefficient (Wildman–Crippen LogP) is 1.85. The monoisotopic (exact) mass is 246 g/mol. The van der Waals surface area contributed by atoms with E-state index < -0.39 is 18.1 Å². The maximum absolute atomic E-state index is 11.3. The molecular formula is C10H22O3Si2. The molecule has 0 amide bonds. The Kier molecular flexibility index (Phi) is 6.79. The van der Waals surface area contributed by atoms with Crippen molar-refractivity contribution in [1.29, 1.82) is 0 Å². The third kappa shape index (κ3) is 8.59. The fourth-order valence-electron chi connectivity index (χ4n) is 0.879. The van der Waals surface area contributed by atoms with Gasteiger partial charge in [0.05, 0.1) is 6.61 Å². The largest absolute Gasteiger partial charge is 0.462 e. The van der Waals surface area contributed by atoms with Crippen LogP contribution in [0.5, 0.6) is 0 Å². The predicted molar refractivity (Wildman–Crippen MR) is 68.2 cm³/mol. The van der Waals surface area contributed by atoms with E-state index in [1.165, 1.54) is 0 Å². The van der Waals surface area contributed by atoms with Gasteiger partial charge in [0.2, 0.25) is 0 Å². The Morgan fingerprint density at radius 1 is 1.40 bits per heavy atom. The Morgan fingerprint density at radius 3 is 2.47 bits per heavy atom. The van der Waals surface area contributed by atoms with Crippen molar-refractivity contribution in [3.63, 3.8) is 0 Å². The molecule has 0 aromatic heterocycles. The number of carbonyl (C=O) groups is 1. The average Bonchev–Trinajstić information content (AvgIpc) is 2.11. The summed E-state index contributed by atoms with van der Waals surface area (Å²) in [7, 11) is -2.06. The molecule has 5 heteroatoms. The first-order valence-corrected chi connectivity index (χ1v) is 10.3. The first-order valence-electron chi connectivity index (χ1n) is 5.35. The SMILES string of the molecule is C=C(C[SiH2]O[Si](C)(C)C)C(=O)OCCC. The summed E-state index contributed by atoms with van der Waals surface area (Å²) < 4.78 is 10.7. The standard InChI is InChI=1S/C10H22O3Si2/c1-6-7-12-10(11)9(2)8-14-13-15(3,4)5/h2,6-8,14H2,1,3-5H3. The van der Waals surface area contributed by atoms with E-state index in [1.807, 2.05) is 6.92 Å². The highest BCUT2D eigenvalue weighted by Gasteiger charge is 2.15. The van der Waals surface area contributed by atoms with E-state index in [0.717, 1.165) is 6.42 Å². The Bertz CT molecular complexity index is 221. The van der Waals surface area contributed by atoms with Crippen molar-refractivity contribution in [3.05, 3.63) is 12.2 Å². The van der Waals surface area contributed by atoms with Crippen LogP contribution in [0.15, 0.2) is 12.2 Å². The van der Waals surface area contributed by atoms with Gasteiger partial charge in [-0.3, -0.25) is 0 Å². The van der Waals surface area contributed by atoms with Gasteiger partial charge in [-0.05, 0) is 32.1 Å². The molecule has 0 saturated carbocycles. The molecule has 88 valence electrons. The smallest absolute Gasteiger partial charge is 0.333 e. The highest BCUT2D eigenvalue weighted by atomic mass is 28.4. The highest BCUT2D eigenvalue weighted by Crippen LogP contribution is 2.06. The van der Waals surface area contributed by atoms with E-state index >= 15 is 0 Å². The van der Waals surface area contributed by atoms with Crippen LogP contribution in [-0.4, -0.2) is 30.7 Å². The van der Waals surface area contributed by atoms with Gasteiger partial charge in [-0.25, -0.2) is 4.79 Å². The van der Waals surface area contributed by atoms with E-state index in [0.29, 0.717) is 18.2 Å². The minimum absolute atomic E-state index is 0.261. The van der Waals surface area contributed by atoms with Gasteiger partial charge in [-0.1, -0.05) is 13.5 Å². The summed E-state index contributed by atoms with van der Waals surface area (Å²) >= 11 is 0. The quantitative estimate of drug-likeness (QED) is 0.391. The van der Waals surface area contributed by atoms with Gasteiger partial charge in [-0.15, -0.1) is 0 Å². The molecule has 0 aliphatic heterocycles. The molecule has 0 bridgehead atoms. The summed E-state index contributed by atoms with van der Waals surface area (Å²) in [4.78, 5) is 11.3. The van der Waals surface area contributed by atoms with Crippen molar-refractivity contribution < 1.29 is 13.6 Å². The number of hydrogen-bond donors (Lipinski definition) is 0. The summed E-state index contributed by atoms with van der Waals surface area (Å²) in [6, 6.07) is 0.701. The van der Waals surface area contributed by atoms with Crippen LogP contribution in [0.4, 0.5) is 0 Å². The normalized spacial score (nSPS) is 12.0. The van der Waals surface area contributed by atoms with Crippen molar-refractivity contribution in [1.82, 2.24) is 0 Å². The molecule has 0 fully saturated rings. The van der Waals surface area contributed by atoms with Crippen molar-refractivity contribution in [2.24, 2.45) is 0 Å². The first kappa shape index (κ1) is 14.6. The molecular weight excluding hydrogens is 224 g/mol. The molecule has 0 unspecified atom stereocenters. The van der Waals surface area contributed by atoms with Crippen molar-refractivity contribution in [3.8, 4) is 0 Å². The van der Waals surface area contributed by atoms with Gasteiger partial charge in [0.1, 0.15) is 0 Å². The lowest BCUT2D eigenvalue weighted by atomic mass is 10.3. The molecule has 0 spiro atoms. The number of carbonyl (C=O) groups excluding carboxylic acids is 1. The summed E-state index contributed by atoms with van der Waals surface area (Å²) in [5, 5.41) is 0. The van der Waals surface area contributed by atoms with Gasteiger partial charge in [0, 0.05) is 5.57 Å². The van der Waals surface area contributed by atoms with Gasteiger partial charge in [-0.2, -0.15) is 0 Å². The van der Waals surface area contributed by atoms with Gasteiger partial charge >= 0.3 is 5.97 Å². The van der Waals surface area contributed by atoms with Crippen LogP contribution in [0.2, 0.25) is 25.7 Å². The zero-order chi connectivity index (χ0) is 11.9. The van der Waals surface area contributed by atoms with Gasteiger partial charge in [0.25, 0.3) is 0 Å². The lowest BCUT2D eigenvalue weighted by molar-refractivity contribution is -0.138. The Hall–Kier alpha value is -0.396. The first-order chi connectivity index (χ1) is 6.87. The molecule has 0 saturated heterocycles. The minimum atomic E-state index is -1.42. The summed E-state index contributed by atoms with van der Waals surface area (Å²) in [6.45, 7) is 12.6. The fraction of sp³-hybridized carbons (Fsp3) is 0.700. The summed E-state index contributed by atoms with van der Waals surface area (Å²) in [6.07, 6.45) is 0.849. The molecule has 0 atom stereocenters. The Labute approximate surface area is 95.9 Å². The third-order valence-corrected chi connectivity index (χ3v) is 6.75. The fourth-order valence-corrected chi connectivity index (χ4v) is 4.19. The summed E-state index contributed by atoms with van der Waals surface area (Å²) in [5.74, 6) is -0.261. The zero-order valence-corrected chi connectivity index (χ0v) is 12.7. The van der Waals surface area contributed by atoms with Gasteiger partial charge < -0.3 is 8.85 Å². The van der Waals surface area contributed by atoms with Gasteiger partial charge in [0.15, 0.2) is 18.1 Å². The number of hydrogen-bond acceptors (Lipinski definition) is 3. The van der Waals surface area contributed by atoms with Crippen LogP contribution >= 0.6 is 0 Å². The average molecular weight is 246 g/mol. The molecule has 0 aliphatic rings. The second-order valence-electron chi connectivity index (χ2n) is 4.45. The molecule has 0 aromatic carbocycles. The molecule has 0 aromatic rings. The Balaban J connectivity index is 3.70. The lowest BCUT2D eigenvalue weighted by Crippen LogP contribution is -2.27. The van der Waals surface area contributed by atoms with Crippen molar-refractivity contribution >= 4 is 24.0 Å². The summed E-state index contributed by atoms with van der Waals surface area (Å²) in [5.41, 5.74) is 0.563. The second-order valence-corrected chi connectivity index (χ2v) is 10.7. The van der Waals surface area contributed by atoms with E-state index in [9.17, 15) is 4.79 Å². The van der Waals surface area contributed by atoms with Crippen LogP contribution in [0.3, 0.4) is 0 Å². The molecule has 0 heterocycles. The van der Waals surface area contributed by atoms with Crippen LogP contribution in [0, 0.1) is 0 Å². The Morgan fingerprint density at radius 2 is 2.00 bits per heavy atom. The molecule has 0 N–H and O–H groups in total. The van der Waals surface area contributed by atoms with E-state index in [-0.39, 0.29) is 5.97 Å². The number of esters is 1. The highest BCUT2D eigenvalue weighted by molar-refractivity contribution is 6.74. The second kappa shape index (κ2) is 6.97. The maximum Gasteiger partial charge on any atom is 0.333 e. The zero-order valence-electron chi connectivity index (χ0n) is 10.3. The number of rotatable bonds is 7. The molecule has 0 rings (SSSR count). The van der Waals surface area contributed by atoms with E-state index in [4.69, 9.17) is 8.85 Å². The lowest BCUT2D eigenvalue weighted by Gasteiger charge is -2.17. The number of ether oxygens (including phenoxy) is 1. The minimum Gasteiger partial charge on any atom is -0.462 e. The van der Waals surface area contributed by atoms with E-state index in [1.54, 1.807) is 0 Å². The molecule has 15 heavy (non-hydrogen) atoms. The van der Waals surface area contributed by atoms with Crippen molar-refractivity contribution in [2.45, 2.75) is 39.0 Å².